The molecule has 1 fully saturated rings. The number of benzene rings is 1. The monoisotopic (exact) mass is 289 g/mol. The number of sulfone groups is 1. The first-order valence-corrected chi connectivity index (χ1v) is 7.94. The molecule has 0 spiro atoms. The summed E-state index contributed by atoms with van der Waals surface area (Å²) in [5.41, 5.74) is 0.407. The van der Waals surface area contributed by atoms with Crippen LogP contribution in [0, 0.1) is 0 Å². The van der Waals surface area contributed by atoms with E-state index in [1.165, 1.54) is 12.1 Å². The molecule has 1 aliphatic rings. The molecular weight excluding hydrogens is 272 g/mol. The predicted molar refractivity (Wildman–Crippen MR) is 70.3 cm³/mol. The van der Waals surface area contributed by atoms with Gasteiger partial charge in [0, 0.05) is 13.1 Å². The molecule has 1 heterocycles. The number of rotatable bonds is 3. The summed E-state index contributed by atoms with van der Waals surface area (Å²) in [6.45, 7) is 1.44. The van der Waals surface area contributed by atoms with Gasteiger partial charge in [-0.05, 0) is 25.0 Å². The molecule has 0 amide bonds. The van der Waals surface area contributed by atoms with Crippen molar-refractivity contribution in [1.82, 2.24) is 0 Å². The summed E-state index contributed by atoms with van der Waals surface area (Å²) in [5, 5.41) is 0. The molecule has 1 aromatic rings. The highest BCUT2D eigenvalue weighted by Crippen LogP contribution is 2.30. The molecule has 6 heteroatoms. The first-order valence-electron chi connectivity index (χ1n) is 6.39. The molecule has 2 rings (SSSR count). The van der Waals surface area contributed by atoms with Crippen LogP contribution in [0.1, 0.15) is 25.7 Å². The number of anilines is 1. The fraction of sp³-hybridized carbons (Fsp3) is 0.538. The molecule has 19 heavy (non-hydrogen) atoms. The van der Waals surface area contributed by atoms with Gasteiger partial charge in [0.25, 0.3) is 0 Å². The summed E-state index contributed by atoms with van der Waals surface area (Å²) in [6, 6.07) is 6.05. The molecule has 1 aromatic carbocycles. The summed E-state index contributed by atoms with van der Waals surface area (Å²) in [6.07, 6.45) is 4.12. The van der Waals surface area contributed by atoms with Crippen molar-refractivity contribution in [3.63, 3.8) is 0 Å². The predicted octanol–water partition coefficient (Wildman–Crippen LogP) is 3.06. The van der Waals surface area contributed by atoms with E-state index in [0.29, 0.717) is 5.69 Å². The average molecular weight is 289 g/mol. The van der Waals surface area contributed by atoms with Gasteiger partial charge in [0.05, 0.1) is 10.6 Å². The summed E-state index contributed by atoms with van der Waals surface area (Å²) in [7, 11) is -4.54. The van der Waals surface area contributed by atoms with E-state index in [4.69, 9.17) is 0 Å². The lowest BCUT2D eigenvalue weighted by molar-refractivity contribution is 0.235. The topological polar surface area (TPSA) is 37.4 Å². The van der Waals surface area contributed by atoms with Gasteiger partial charge in [0.1, 0.15) is 0 Å². The fourth-order valence-corrected chi connectivity index (χ4v) is 3.32. The zero-order valence-corrected chi connectivity index (χ0v) is 11.4. The summed E-state index contributed by atoms with van der Waals surface area (Å²) in [4.78, 5) is 1.65. The Hall–Kier alpha value is -1.17. The van der Waals surface area contributed by atoms with E-state index in [1.807, 2.05) is 4.90 Å². The third kappa shape index (κ3) is 3.05. The van der Waals surface area contributed by atoms with Crippen LogP contribution in [0.4, 0.5) is 14.5 Å². The van der Waals surface area contributed by atoms with Gasteiger partial charge in [0.15, 0.2) is 0 Å². The first kappa shape index (κ1) is 14.2. The highest BCUT2D eigenvalue weighted by Gasteiger charge is 2.30. The van der Waals surface area contributed by atoms with E-state index in [1.54, 1.807) is 12.1 Å². The maximum absolute atomic E-state index is 12.7. The number of alkyl halides is 2. The van der Waals surface area contributed by atoms with Gasteiger partial charge in [0.2, 0.25) is 9.84 Å². The Labute approximate surface area is 112 Å². The van der Waals surface area contributed by atoms with Crippen molar-refractivity contribution < 1.29 is 17.2 Å². The molecule has 0 aromatic heterocycles. The van der Waals surface area contributed by atoms with Crippen LogP contribution in [0.3, 0.4) is 0 Å². The second-order valence-corrected chi connectivity index (χ2v) is 6.56. The van der Waals surface area contributed by atoms with Gasteiger partial charge in [-0.2, -0.15) is 8.78 Å². The molecule has 0 radical (unpaired) electrons. The van der Waals surface area contributed by atoms with Gasteiger partial charge >= 0.3 is 5.76 Å². The second kappa shape index (κ2) is 5.86. The Kier molecular flexibility index (Phi) is 4.39. The molecule has 0 atom stereocenters. The van der Waals surface area contributed by atoms with Crippen LogP contribution in [0.2, 0.25) is 0 Å². The van der Waals surface area contributed by atoms with Crippen LogP contribution in [-0.2, 0) is 9.84 Å². The van der Waals surface area contributed by atoms with Gasteiger partial charge in [-0.1, -0.05) is 25.0 Å². The Balaban J connectivity index is 2.41. The molecular formula is C13H17F2NO2S. The van der Waals surface area contributed by atoms with Gasteiger partial charge in [-0.15, -0.1) is 0 Å². The molecule has 0 aliphatic carbocycles. The van der Waals surface area contributed by atoms with Crippen LogP contribution >= 0.6 is 0 Å². The van der Waals surface area contributed by atoms with E-state index < -0.39 is 15.6 Å². The molecule has 0 saturated carbocycles. The summed E-state index contributed by atoms with van der Waals surface area (Å²) < 4.78 is 48.8. The SMILES string of the molecule is O=S(=O)(c1ccccc1N1CCCCCC1)C(F)F. The highest BCUT2D eigenvalue weighted by molar-refractivity contribution is 7.91. The third-order valence-corrected chi connectivity index (χ3v) is 4.78. The van der Waals surface area contributed by atoms with E-state index >= 15 is 0 Å². The third-order valence-electron chi connectivity index (χ3n) is 3.35. The zero-order chi connectivity index (χ0) is 13.9. The standard InChI is InChI=1S/C13H17F2NO2S/c14-13(15)19(17,18)12-8-4-3-7-11(12)16-9-5-1-2-6-10-16/h3-4,7-8,13H,1-2,5-6,9-10H2. The lowest BCUT2D eigenvalue weighted by atomic mass is 10.2. The normalized spacial score (nSPS) is 17.5. The van der Waals surface area contributed by atoms with E-state index in [-0.39, 0.29) is 4.90 Å². The minimum atomic E-state index is -4.54. The van der Waals surface area contributed by atoms with Crippen molar-refractivity contribution >= 4 is 15.5 Å². The molecule has 0 unspecified atom stereocenters. The Morgan fingerprint density at radius 2 is 1.58 bits per heavy atom. The molecule has 0 bridgehead atoms. The van der Waals surface area contributed by atoms with Gasteiger partial charge in [-0.3, -0.25) is 0 Å². The van der Waals surface area contributed by atoms with Crippen LogP contribution in [0.25, 0.3) is 0 Å². The fourth-order valence-electron chi connectivity index (χ4n) is 2.37. The molecule has 3 nitrogen and oxygen atoms in total. The number of hydrogen-bond donors (Lipinski definition) is 0. The summed E-state index contributed by atoms with van der Waals surface area (Å²) >= 11 is 0. The van der Waals surface area contributed by atoms with Crippen LogP contribution in [0.5, 0.6) is 0 Å². The molecule has 0 N–H and O–H groups in total. The van der Waals surface area contributed by atoms with Gasteiger partial charge < -0.3 is 4.90 Å². The zero-order valence-electron chi connectivity index (χ0n) is 10.6. The van der Waals surface area contributed by atoms with Crippen molar-refractivity contribution in [2.24, 2.45) is 0 Å². The lowest BCUT2D eigenvalue weighted by Crippen LogP contribution is -2.26. The van der Waals surface area contributed by atoms with Crippen molar-refractivity contribution in [3.05, 3.63) is 24.3 Å². The number of para-hydroxylation sites is 1. The first-order chi connectivity index (χ1) is 9.03. The molecule has 106 valence electrons. The largest absolute Gasteiger partial charge is 0.370 e. The van der Waals surface area contributed by atoms with E-state index in [0.717, 1.165) is 38.8 Å². The smallest absolute Gasteiger partial charge is 0.341 e. The minimum Gasteiger partial charge on any atom is -0.370 e. The maximum atomic E-state index is 12.7. The average Bonchev–Trinajstić information content (AvgIpc) is 2.67. The second-order valence-electron chi connectivity index (χ2n) is 4.67. The van der Waals surface area contributed by atoms with Crippen molar-refractivity contribution in [2.45, 2.75) is 36.3 Å². The van der Waals surface area contributed by atoms with Crippen LogP contribution < -0.4 is 4.90 Å². The Morgan fingerprint density at radius 3 is 2.16 bits per heavy atom. The molecule has 1 aliphatic heterocycles. The molecule has 1 saturated heterocycles. The number of hydrogen-bond acceptors (Lipinski definition) is 3. The Morgan fingerprint density at radius 1 is 1.00 bits per heavy atom. The van der Waals surface area contributed by atoms with Crippen molar-refractivity contribution in [2.75, 3.05) is 18.0 Å². The number of nitrogens with zero attached hydrogens (tertiary/aromatic N) is 1. The van der Waals surface area contributed by atoms with Crippen LogP contribution in [0.15, 0.2) is 29.2 Å². The maximum Gasteiger partial charge on any atom is 0.341 e. The highest BCUT2D eigenvalue weighted by atomic mass is 32.2. The van der Waals surface area contributed by atoms with E-state index in [9.17, 15) is 17.2 Å². The quantitative estimate of drug-likeness (QED) is 0.858. The summed E-state index contributed by atoms with van der Waals surface area (Å²) in [5.74, 6) is -3.37. The van der Waals surface area contributed by atoms with Gasteiger partial charge in [-0.25, -0.2) is 8.42 Å². The Bertz CT molecular complexity index is 523. The van der Waals surface area contributed by atoms with Crippen molar-refractivity contribution in [1.29, 1.82) is 0 Å². The number of halogens is 2. The van der Waals surface area contributed by atoms with Crippen molar-refractivity contribution in [3.8, 4) is 0 Å². The van der Waals surface area contributed by atoms with Crippen LogP contribution in [-0.4, -0.2) is 27.3 Å². The van der Waals surface area contributed by atoms with E-state index in [2.05, 4.69) is 0 Å². The lowest BCUT2D eigenvalue weighted by Gasteiger charge is -2.25. The minimum absolute atomic E-state index is 0.257.